The number of aromatic nitrogens is 1. The lowest BCUT2D eigenvalue weighted by molar-refractivity contribution is -0.380. The van der Waals surface area contributed by atoms with E-state index in [1.54, 1.807) is 18.4 Å². The highest BCUT2D eigenvalue weighted by Crippen LogP contribution is 2.14. The van der Waals surface area contributed by atoms with Crippen molar-refractivity contribution in [3.05, 3.63) is 33.3 Å². The molecule has 0 aliphatic rings. The van der Waals surface area contributed by atoms with E-state index in [2.05, 4.69) is 16.9 Å². The Morgan fingerprint density at radius 1 is 1.72 bits per heavy atom. The molecule has 18 heavy (non-hydrogen) atoms. The molecule has 0 aliphatic heterocycles. The van der Waals surface area contributed by atoms with Gasteiger partial charge in [-0.1, -0.05) is 12.2 Å². The summed E-state index contributed by atoms with van der Waals surface area (Å²) in [4.78, 5) is 25.6. The average Bonchev–Trinajstić information content (AvgIpc) is 2.61. The molecular weight excluding hydrogens is 256 g/mol. The minimum Gasteiger partial charge on any atom is -0.336 e. The minimum atomic E-state index is -0.510. The minimum absolute atomic E-state index is 0.0562. The maximum atomic E-state index is 11.4. The van der Waals surface area contributed by atoms with Crippen LogP contribution in [0.1, 0.15) is 13.8 Å². The molecule has 1 heterocycles. The summed E-state index contributed by atoms with van der Waals surface area (Å²) in [5, 5.41) is 13.2. The molecule has 7 nitrogen and oxygen atoms in total. The van der Waals surface area contributed by atoms with Gasteiger partial charge < -0.3 is 9.88 Å². The molecule has 1 aromatic heterocycles. The number of hydrogen-bond acceptors (Lipinski definition) is 4. The molecule has 0 fully saturated rings. The molecule has 98 valence electrons. The smallest absolute Gasteiger partial charge is 0.336 e. The first-order chi connectivity index (χ1) is 8.43. The maximum absolute atomic E-state index is 11.4. The van der Waals surface area contributed by atoms with Crippen LogP contribution in [0.3, 0.4) is 0 Å². The third-order valence-electron chi connectivity index (χ3n) is 1.85. The normalized spacial score (nSPS) is 11.3. The molecule has 1 aromatic rings. The fourth-order valence-electron chi connectivity index (χ4n) is 1.22. The molecule has 1 rings (SSSR count). The number of amides is 2. The van der Waals surface area contributed by atoms with E-state index < -0.39 is 11.0 Å². The zero-order valence-electron chi connectivity index (χ0n) is 10.2. The van der Waals surface area contributed by atoms with Crippen LogP contribution in [0.4, 0.5) is 9.80 Å². The first-order valence-electron chi connectivity index (χ1n) is 5.25. The topological polar surface area (TPSA) is 89.5 Å². The van der Waals surface area contributed by atoms with E-state index in [0.717, 1.165) is 16.9 Å². The molecule has 0 atom stereocenters. The molecule has 2 amide bonds. The highest BCUT2D eigenvalue weighted by atomic mass is 32.1. The SMILES string of the molecule is C=C(C)Cn1cc([N+](=O)[O-])sc1=NC(=O)NCC. The van der Waals surface area contributed by atoms with Gasteiger partial charge in [0.15, 0.2) is 0 Å². The van der Waals surface area contributed by atoms with E-state index in [4.69, 9.17) is 0 Å². The number of thiazole rings is 1. The Morgan fingerprint density at radius 2 is 2.39 bits per heavy atom. The van der Waals surface area contributed by atoms with Crippen LogP contribution in [-0.4, -0.2) is 22.1 Å². The van der Waals surface area contributed by atoms with Crippen LogP contribution >= 0.6 is 11.3 Å². The summed E-state index contributed by atoms with van der Waals surface area (Å²) in [6, 6.07) is -0.510. The molecule has 1 N–H and O–H groups in total. The number of rotatable bonds is 4. The van der Waals surface area contributed by atoms with Crippen molar-refractivity contribution in [3.63, 3.8) is 0 Å². The second-order valence-electron chi connectivity index (χ2n) is 3.64. The number of urea groups is 1. The van der Waals surface area contributed by atoms with Crippen LogP contribution in [0.2, 0.25) is 0 Å². The number of hydrogen-bond donors (Lipinski definition) is 1. The second-order valence-corrected chi connectivity index (χ2v) is 4.63. The first kappa shape index (κ1) is 14.1. The third kappa shape index (κ3) is 3.81. The molecule has 0 aromatic carbocycles. The summed E-state index contributed by atoms with van der Waals surface area (Å²) in [6.07, 6.45) is 1.36. The van der Waals surface area contributed by atoms with E-state index in [0.29, 0.717) is 13.1 Å². The Balaban J connectivity index is 3.18. The van der Waals surface area contributed by atoms with Crippen molar-refractivity contribution >= 4 is 22.4 Å². The van der Waals surface area contributed by atoms with Crippen LogP contribution in [0.25, 0.3) is 0 Å². The lowest BCUT2D eigenvalue weighted by atomic mass is 10.3. The number of carbonyl (C=O) groups excluding carboxylic acids is 1. The molecule has 0 spiro atoms. The lowest BCUT2D eigenvalue weighted by Gasteiger charge is -2.00. The molecule has 0 bridgehead atoms. The van der Waals surface area contributed by atoms with Gasteiger partial charge in [-0.25, -0.2) is 4.79 Å². The van der Waals surface area contributed by atoms with Crippen molar-refractivity contribution < 1.29 is 9.72 Å². The van der Waals surface area contributed by atoms with E-state index in [-0.39, 0.29) is 9.80 Å². The summed E-state index contributed by atoms with van der Waals surface area (Å²) < 4.78 is 1.54. The van der Waals surface area contributed by atoms with Crippen molar-refractivity contribution in [2.24, 2.45) is 4.99 Å². The van der Waals surface area contributed by atoms with E-state index in [1.807, 2.05) is 0 Å². The summed E-state index contributed by atoms with van der Waals surface area (Å²) in [7, 11) is 0. The maximum Gasteiger partial charge on any atom is 0.343 e. The van der Waals surface area contributed by atoms with E-state index in [9.17, 15) is 14.9 Å². The average molecular weight is 270 g/mol. The molecule has 0 saturated heterocycles. The Labute approximate surface area is 108 Å². The number of nitrogens with one attached hydrogen (secondary N) is 1. The largest absolute Gasteiger partial charge is 0.343 e. The molecule has 0 aliphatic carbocycles. The summed E-state index contributed by atoms with van der Waals surface area (Å²) in [5.74, 6) is 0. The molecule has 8 heteroatoms. The van der Waals surface area contributed by atoms with Gasteiger partial charge in [0.05, 0.1) is 11.1 Å². The predicted molar refractivity (Wildman–Crippen MR) is 68.4 cm³/mol. The zero-order valence-corrected chi connectivity index (χ0v) is 11.0. The summed E-state index contributed by atoms with van der Waals surface area (Å²) in [5.41, 5.74) is 0.819. The van der Waals surface area contributed by atoms with Crippen molar-refractivity contribution in [2.45, 2.75) is 20.4 Å². The van der Waals surface area contributed by atoms with Gasteiger partial charge in [-0.3, -0.25) is 10.1 Å². The van der Waals surface area contributed by atoms with Gasteiger partial charge in [0.25, 0.3) is 0 Å². The Hall–Kier alpha value is -1.96. The van der Waals surface area contributed by atoms with Gasteiger partial charge in [0.1, 0.15) is 0 Å². The molecule has 0 radical (unpaired) electrons. The van der Waals surface area contributed by atoms with E-state index in [1.165, 1.54) is 6.20 Å². The molecular formula is C10H14N4O3S. The third-order valence-corrected chi connectivity index (χ3v) is 2.83. The standard InChI is InChI=1S/C10H14N4O3S/c1-4-11-9(15)12-10-13(5-7(2)3)6-8(18-10)14(16)17/h6H,2,4-5H2,1,3H3,(H,11,15). The summed E-state index contributed by atoms with van der Waals surface area (Å²) >= 11 is 0.859. The van der Waals surface area contributed by atoms with Gasteiger partial charge in [0, 0.05) is 13.1 Å². The molecule has 0 saturated carbocycles. The lowest BCUT2D eigenvalue weighted by Crippen LogP contribution is -2.24. The predicted octanol–water partition coefficient (Wildman–Crippen LogP) is 1.66. The molecule has 0 unspecified atom stereocenters. The number of nitrogens with zero attached hydrogens (tertiary/aromatic N) is 3. The van der Waals surface area contributed by atoms with Gasteiger partial charge in [0.2, 0.25) is 4.80 Å². The Morgan fingerprint density at radius 3 is 2.89 bits per heavy atom. The van der Waals surface area contributed by atoms with Crippen molar-refractivity contribution in [1.29, 1.82) is 0 Å². The Kier molecular flexibility index (Phi) is 4.78. The van der Waals surface area contributed by atoms with Crippen molar-refractivity contribution in [2.75, 3.05) is 6.54 Å². The van der Waals surface area contributed by atoms with Gasteiger partial charge in [-0.2, -0.15) is 4.99 Å². The highest BCUT2D eigenvalue weighted by molar-refractivity contribution is 7.12. The second kappa shape index (κ2) is 6.10. The van der Waals surface area contributed by atoms with Gasteiger partial charge in [-0.15, -0.1) is 0 Å². The quantitative estimate of drug-likeness (QED) is 0.512. The number of carbonyl (C=O) groups is 1. The van der Waals surface area contributed by atoms with Crippen LogP contribution in [0.5, 0.6) is 0 Å². The number of allylic oxidation sites excluding steroid dienone is 1. The first-order valence-corrected chi connectivity index (χ1v) is 6.07. The zero-order chi connectivity index (χ0) is 13.7. The number of nitro groups is 1. The monoisotopic (exact) mass is 270 g/mol. The fourth-order valence-corrected chi connectivity index (χ4v) is 2.02. The van der Waals surface area contributed by atoms with Crippen LogP contribution < -0.4 is 10.1 Å². The van der Waals surface area contributed by atoms with Crippen molar-refractivity contribution in [1.82, 2.24) is 9.88 Å². The van der Waals surface area contributed by atoms with Gasteiger partial charge >= 0.3 is 11.0 Å². The van der Waals surface area contributed by atoms with E-state index >= 15 is 0 Å². The van der Waals surface area contributed by atoms with Crippen LogP contribution in [0.15, 0.2) is 23.3 Å². The highest BCUT2D eigenvalue weighted by Gasteiger charge is 2.13. The van der Waals surface area contributed by atoms with Crippen LogP contribution in [0, 0.1) is 10.1 Å². The fraction of sp³-hybridized carbons (Fsp3) is 0.400. The Bertz CT molecular complexity index is 544. The van der Waals surface area contributed by atoms with Crippen molar-refractivity contribution in [3.8, 4) is 0 Å². The van der Waals surface area contributed by atoms with Gasteiger partial charge in [-0.05, 0) is 25.2 Å². The summed E-state index contributed by atoms with van der Waals surface area (Å²) in [6.45, 7) is 8.15. The van der Waals surface area contributed by atoms with Crippen LogP contribution in [-0.2, 0) is 6.54 Å².